The van der Waals surface area contributed by atoms with Crippen molar-refractivity contribution < 1.29 is 15.0 Å². The molecule has 24 heavy (non-hydrogen) atoms. The van der Waals surface area contributed by atoms with E-state index in [0.717, 1.165) is 5.69 Å². The van der Waals surface area contributed by atoms with Crippen LogP contribution in [-0.2, 0) is 0 Å². The van der Waals surface area contributed by atoms with E-state index in [2.05, 4.69) is 10.3 Å². The summed E-state index contributed by atoms with van der Waals surface area (Å²) in [6, 6.07) is 11.3. The summed E-state index contributed by atoms with van der Waals surface area (Å²) >= 11 is 0. The molecule has 0 saturated heterocycles. The highest BCUT2D eigenvalue weighted by Gasteiger charge is 2.27. The molecule has 0 fully saturated rings. The molecule has 1 amide bonds. The van der Waals surface area contributed by atoms with E-state index in [1.807, 2.05) is 30.3 Å². The highest BCUT2D eigenvalue weighted by Crippen LogP contribution is 2.23. The summed E-state index contributed by atoms with van der Waals surface area (Å²) in [6.07, 6.45) is 3.13. The first-order chi connectivity index (χ1) is 11.5. The zero-order valence-corrected chi connectivity index (χ0v) is 13.9. The molecule has 2 rings (SSSR count). The van der Waals surface area contributed by atoms with Gasteiger partial charge in [0.05, 0.1) is 24.5 Å². The van der Waals surface area contributed by atoms with Crippen LogP contribution in [0.2, 0.25) is 0 Å². The number of pyridine rings is 1. The van der Waals surface area contributed by atoms with Gasteiger partial charge in [-0.25, -0.2) is 0 Å². The van der Waals surface area contributed by atoms with Gasteiger partial charge in [-0.3, -0.25) is 9.78 Å². The van der Waals surface area contributed by atoms with E-state index < -0.39 is 5.41 Å². The highest BCUT2D eigenvalue weighted by molar-refractivity contribution is 5.99. The van der Waals surface area contributed by atoms with Gasteiger partial charge in [0, 0.05) is 37.1 Å². The average molecular weight is 329 g/mol. The summed E-state index contributed by atoms with van der Waals surface area (Å²) in [5, 5.41) is 22.0. The van der Waals surface area contributed by atoms with E-state index in [0.29, 0.717) is 11.3 Å². The second-order valence-electron chi connectivity index (χ2n) is 6.20. The Balaban J connectivity index is 2.20. The lowest BCUT2D eigenvalue weighted by atomic mass is 9.92. The maximum atomic E-state index is 12.7. The number of nitrogens with one attached hydrogen (secondary N) is 1. The average Bonchev–Trinajstić information content (AvgIpc) is 2.62. The molecule has 6 nitrogen and oxygen atoms in total. The third-order valence-electron chi connectivity index (χ3n) is 3.83. The smallest absolute Gasteiger partial charge is 0.257 e. The van der Waals surface area contributed by atoms with Crippen LogP contribution >= 0.6 is 0 Å². The molecule has 1 aromatic heterocycles. The molecule has 0 unspecified atom stereocenters. The molecule has 2 aromatic rings. The van der Waals surface area contributed by atoms with Crippen LogP contribution in [0.5, 0.6) is 0 Å². The molecule has 0 saturated carbocycles. The lowest BCUT2D eigenvalue weighted by Gasteiger charge is -2.30. The Hall–Kier alpha value is -2.44. The van der Waals surface area contributed by atoms with Crippen molar-refractivity contribution in [2.45, 2.75) is 6.92 Å². The Morgan fingerprint density at radius 2 is 1.88 bits per heavy atom. The highest BCUT2D eigenvalue weighted by atomic mass is 16.3. The van der Waals surface area contributed by atoms with E-state index in [1.54, 1.807) is 26.2 Å². The number of aromatic nitrogens is 1. The second-order valence-corrected chi connectivity index (χ2v) is 6.20. The molecule has 0 aliphatic rings. The predicted molar refractivity (Wildman–Crippen MR) is 93.2 cm³/mol. The number of carbonyl (C=O) groups is 1. The third kappa shape index (κ3) is 4.31. The molecule has 3 N–H and O–H groups in total. The summed E-state index contributed by atoms with van der Waals surface area (Å²) in [5.41, 5.74) is 1.21. The lowest BCUT2D eigenvalue weighted by Crippen LogP contribution is -2.41. The number of nitrogens with zero attached hydrogens (tertiary/aromatic N) is 2. The van der Waals surface area contributed by atoms with Crippen molar-refractivity contribution in [2.24, 2.45) is 5.41 Å². The van der Waals surface area contributed by atoms with E-state index >= 15 is 0 Å². The fourth-order valence-electron chi connectivity index (χ4n) is 2.35. The maximum Gasteiger partial charge on any atom is 0.257 e. The Morgan fingerprint density at radius 3 is 2.50 bits per heavy atom. The molecule has 0 radical (unpaired) electrons. The van der Waals surface area contributed by atoms with Crippen LogP contribution in [0.25, 0.3) is 0 Å². The minimum atomic E-state index is -0.750. The van der Waals surface area contributed by atoms with Gasteiger partial charge in [0.2, 0.25) is 0 Å². The van der Waals surface area contributed by atoms with Crippen LogP contribution in [0, 0.1) is 5.41 Å². The van der Waals surface area contributed by atoms with Crippen molar-refractivity contribution in [1.82, 2.24) is 9.88 Å². The summed E-state index contributed by atoms with van der Waals surface area (Å²) in [5.74, 6) is -0.227. The summed E-state index contributed by atoms with van der Waals surface area (Å²) in [4.78, 5) is 18.3. The quantitative estimate of drug-likeness (QED) is 0.722. The Morgan fingerprint density at radius 1 is 1.21 bits per heavy atom. The van der Waals surface area contributed by atoms with Gasteiger partial charge in [0.15, 0.2) is 0 Å². The third-order valence-corrected chi connectivity index (χ3v) is 3.83. The van der Waals surface area contributed by atoms with E-state index in [4.69, 9.17) is 0 Å². The molecule has 0 aliphatic carbocycles. The van der Waals surface area contributed by atoms with Crippen LogP contribution in [-0.4, -0.2) is 52.8 Å². The van der Waals surface area contributed by atoms with Gasteiger partial charge >= 0.3 is 0 Å². The molecule has 128 valence electrons. The summed E-state index contributed by atoms with van der Waals surface area (Å²) < 4.78 is 0. The molecule has 1 aromatic carbocycles. The minimum absolute atomic E-state index is 0.205. The normalized spacial score (nSPS) is 11.2. The van der Waals surface area contributed by atoms with Crippen LogP contribution in [0.4, 0.5) is 11.4 Å². The van der Waals surface area contributed by atoms with Crippen LogP contribution < -0.4 is 5.32 Å². The van der Waals surface area contributed by atoms with Gasteiger partial charge in [-0.2, -0.15) is 0 Å². The number of anilines is 2. The van der Waals surface area contributed by atoms with E-state index in [9.17, 15) is 15.0 Å². The number of amides is 1. The van der Waals surface area contributed by atoms with Crippen molar-refractivity contribution in [3.05, 3.63) is 54.4 Å². The van der Waals surface area contributed by atoms with Crippen molar-refractivity contribution in [3.63, 3.8) is 0 Å². The fraction of sp³-hybridized carbons (Fsp3) is 0.333. The van der Waals surface area contributed by atoms with Gasteiger partial charge in [-0.05, 0) is 18.2 Å². The minimum Gasteiger partial charge on any atom is -0.396 e. The first kappa shape index (κ1) is 17.9. The van der Waals surface area contributed by atoms with Crippen molar-refractivity contribution in [1.29, 1.82) is 0 Å². The number of rotatable bonds is 7. The number of carbonyl (C=O) groups excluding carboxylic acids is 1. The molecular formula is C18H23N3O3. The van der Waals surface area contributed by atoms with Crippen molar-refractivity contribution in [3.8, 4) is 0 Å². The monoisotopic (exact) mass is 329 g/mol. The second kappa shape index (κ2) is 7.90. The Labute approximate surface area is 141 Å². The van der Waals surface area contributed by atoms with Crippen LogP contribution in [0.15, 0.2) is 48.8 Å². The van der Waals surface area contributed by atoms with Gasteiger partial charge in [-0.1, -0.05) is 25.1 Å². The first-order valence-corrected chi connectivity index (χ1v) is 7.72. The van der Waals surface area contributed by atoms with Gasteiger partial charge in [0.1, 0.15) is 0 Å². The molecule has 0 bridgehead atoms. The molecule has 0 aliphatic heterocycles. The molecule has 0 spiro atoms. The Kier molecular flexibility index (Phi) is 5.89. The van der Waals surface area contributed by atoms with Crippen molar-refractivity contribution in [2.75, 3.05) is 32.1 Å². The summed E-state index contributed by atoms with van der Waals surface area (Å²) in [6.45, 7) is 1.55. The van der Waals surface area contributed by atoms with E-state index in [-0.39, 0.29) is 25.7 Å². The predicted octanol–water partition coefficient (Wildman–Crippen LogP) is 1.89. The first-order valence-electron chi connectivity index (χ1n) is 7.72. The van der Waals surface area contributed by atoms with Gasteiger partial charge in [0.25, 0.3) is 5.91 Å². The Bertz CT molecular complexity index is 672. The SMILES string of the molecule is CN(CC(C)(CO)CO)C(=O)c1cnccc1Nc1ccccc1. The fourth-order valence-corrected chi connectivity index (χ4v) is 2.35. The van der Waals surface area contributed by atoms with Gasteiger partial charge < -0.3 is 20.4 Å². The topological polar surface area (TPSA) is 85.7 Å². The summed E-state index contributed by atoms with van der Waals surface area (Å²) in [7, 11) is 1.64. The molecular weight excluding hydrogens is 306 g/mol. The number of hydrogen-bond donors (Lipinski definition) is 3. The number of benzene rings is 1. The molecule has 6 heteroatoms. The molecule has 1 heterocycles. The lowest BCUT2D eigenvalue weighted by molar-refractivity contribution is 0.0366. The number of hydrogen-bond acceptors (Lipinski definition) is 5. The number of aliphatic hydroxyl groups is 2. The van der Waals surface area contributed by atoms with E-state index in [1.165, 1.54) is 11.1 Å². The standard InChI is InChI=1S/C18H23N3O3/c1-18(12-22,13-23)11-21(2)17(24)15-10-19-9-8-16(15)20-14-6-4-3-5-7-14/h3-10,22-23H,11-13H2,1-2H3,(H,19,20). The number of aliphatic hydroxyl groups excluding tert-OH is 2. The zero-order chi connectivity index (χ0) is 17.6. The largest absolute Gasteiger partial charge is 0.396 e. The zero-order valence-electron chi connectivity index (χ0n) is 13.9. The molecule has 0 atom stereocenters. The van der Waals surface area contributed by atoms with Crippen molar-refractivity contribution >= 4 is 17.3 Å². The van der Waals surface area contributed by atoms with Crippen LogP contribution in [0.1, 0.15) is 17.3 Å². The van der Waals surface area contributed by atoms with Gasteiger partial charge in [-0.15, -0.1) is 0 Å². The van der Waals surface area contributed by atoms with Crippen LogP contribution in [0.3, 0.4) is 0 Å². The number of para-hydroxylation sites is 1. The maximum absolute atomic E-state index is 12.7.